The van der Waals surface area contributed by atoms with Gasteiger partial charge >= 0.3 is 0 Å². The van der Waals surface area contributed by atoms with Crippen molar-refractivity contribution in [3.8, 4) is 22.9 Å². The first kappa shape index (κ1) is 22.5. The van der Waals surface area contributed by atoms with E-state index in [4.69, 9.17) is 14.2 Å². The molecule has 1 saturated heterocycles. The summed E-state index contributed by atoms with van der Waals surface area (Å²) < 4.78 is 17.9. The number of piperazine rings is 1. The third kappa shape index (κ3) is 4.75. The molecule has 0 radical (unpaired) electrons. The summed E-state index contributed by atoms with van der Waals surface area (Å²) in [5.74, 6) is 2.08. The molecule has 2 aromatic carbocycles. The molecule has 2 heterocycles. The second-order valence-electron chi connectivity index (χ2n) is 7.82. The first-order chi connectivity index (χ1) is 16.0. The summed E-state index contributed by atoms with van der Waals surface area (Å²) in [5, 5.41) is 12.2. The van der Waals surface area contributed by atoms with Crippen LogP contribution in [-0.2, 0) is 6.54 Å². The van der Waals surface area contributed by atoms with E-state index < -0.39 is 0 Å². The summed E-state index contributed by atoms with van der Waals surface area (Å²) in [6.45, 7) is 5.28. The Morgan fingerprint density at radius 3 is 2.15 bits per heavy atom. The molecule has 10 heteroatoms. The number of hydrogen-bond donors (Lipinski definition) is 0. The van der Waals surface area contributed by atoms with E-state index in [0.29, 0.717) is 42.4 Å². The van der Waals surface area contributed by atoms with Gasteiger partial charge in [-0.2, -0.15) is 4.68 Å². The Labute approximate surface area is 192 Å². The molecule has 4 rings (SSSR count). The van der Waals surface area contributed by atoms with Crippen molar-refractivity contribution in [1.29, 1.82) is 0 Å². The zero-order valence-corrected chi connectivity index (χ0v) is 19.3. The molecule has 1 amide bonds. The number of amides is 1. The lowest BCUT2D eigenvalue weighted by Gasteiger charge is -2.34. The molecule has 1 aliphatic rings. The normalized spacial score (nSPS) is 14.2. The summed E-state index contributed by atoms with van der Waals surface area (Å²) in [6.07, 6.45) is 0. The van der Waals surface area contributed by atoms with Crippen molar-refractivity contribution < 1.29 is 19.0 Å². The molecule has 1 fully saturated rings. The van der Waals surface area contributed by atoms with E-state index in [9.17, 15) is 4.79 Å². The number of rotatable bonds is 7. The third-order valence-corrected chi connectivity index (χ3v) is 5.75. The fraction of sp³-hybridized carbons (Fsp3) is 0.391. The molecule has 0 N–H and O–H groups in total. The smallest absolute Gasteiger partial charge is 0.254 e. The maximum Gasteiger partial charge on any atom is 0.254 e. The Balaban J connectivity index is 1.41. The predicted molar refractivity (Wildman–Crippen MR) is 121 cm³/mol. The van der Waals surface area contributed by atoms with Crippen LogP contribution in [0.15, 0.2) is 36.4 Å². The topological polar surface area (TPSA) is 94.8 Å². The highest BCUT2D eigenvalue weighted by atomic mass is 16.5. The van der Waals surface area contributed by atoms with E-state index in [-0.39, 0.29) is 5.91 Å². The van der Waals surface area contributed by atoms with Gasteiger partial charge in [0.15, 0.2) is 17.3 Å². The molecule has 0 spiro atoms. The second kappa shape index (κ2) is 9.86. The number of tetrazole rings is 1. The van der Waals surface area contributed by atoms with Crippen molar-refractivity contribution in [3.63, 3.8) is 0 Å². The van der Waals surface area contributed by atoms with Crippen molar-refractivity contribution in [1.82, 2.24) is 30.0 Å². The van der Waals surface area contributed by atoms with Crippen molar-refractivity contribution in [2.75, 3.05) is 47.5 Å². The maximum atomic E-state index is 13.1. The van der Waals surface area contributed by atoms with Crippen molar-refractivity contribution >= 4 is 5.91 Å². The second-order valence-corrected chi connectivity index (χ2v) is 7.82. The minimum Gasteiger partial charge on any atom is -0.493 e. The molecule has 33 heavy (non-hydrogen) atoms. The van der Waals surface area contributed by atoms with E-state index in [1.807, 2.05) is 36.1 Å². The molecular weight excluding hydrogens is 424 g/mol. The zero-order chi connectivity index (χ0) is 23.4. The minimum atomic E-state index is -0.0709. The molecule has 0 saturated carbocycles. The van der Waals surface area contributed by atoms with Gasteiger partial charge in [0, 0.05) is 31.7 Å². The summed E-state index contributed by atoms with van der Waals surface area (Å²) in [4.78, 5) is 17.2. The Morgan fingerprint density at radius 1 is 0.939 bits per heavy atom. The molecule has 1 aliphatic heterocycles. The highest BCUT2D eigenvalue weighted by molar-refractivity contribution is 5.95. The van der Waals surface area contributed by atoms with Gasteiger partial charge in [-0.25, -0.2) is 0 Å². The van der Waals surface area contributed by atoms with E-state index in [0.717, 1.165) is 24.6 Å². The van der Waals surface area contributed by atoms with Crippen LogP contribution in [0.3, 0.4) is 0 Å². The molecule has 174 valence electrons. The van der Waals surface area contributed by atoms with E-state index in [2.05, 4.69) is 20.4 Å². The minimum absolute atomic E-state index is 0.0709. The Bertz CT molecular complexity index is 1080. The lowest BCUT2D eigenvalue weighted by molar-refractivity contribution is 0.0623. The van der Waals surface area contributed by atoms with Gasteiger partial charge in [-0.3, -0.25) is 9.69 Å². The maximum absolute atomic E-state index is 13.1. The summed E-state index contributed by atoms with van der Waals surface area (Å²) in [5.41, 5.74) is 2.61. The number of aromatic nitrogens is 4. The number of methoxy groups -OCH3 is 3. The van der Waals surface area contributed by atoms with Crippen LogP contribution >= 0.6 is 0 Å². The Morgan fingerprint density at radius 2 is 1.58 bits per heavy atom. The lowest BCUT2D eigenvalue weighted by atomic mass is 10.1. The first-order valence-electron chi connectivity index (χ1n) is 10.7. The molecule has 0 aliphatic carbocycles. The number of benzene rings is 2. The van der Waals surface area contributed by atoms with Gasteiger partial charge in [0.25, 0.3) is 5.91 Å². The highest BCUT2D eigenvalue weighted by Gasteiger charge is 2.25. The number of aryl methyl sites for hydroxylation is 1. The highest BCUT2D eigenvalue weighted by Crippen LogP contribution is 2.38. The van der Waals surface area contributed by atoms with E-state index in [1.165, 1.54) is 26.9 Å². The Hall–Kier alpha value is -3.66. The summed E-state index contributed by atoms with van der Waals surface area (Å²) in [7, 11) is 4.61. The third-order valence-electron chi connectivity index (χ3n) is 5.75. The summed E-state index contributed by atoms with van der Waals surface area (Å²) >= 11 is 0. The zero-order valence-electron chi connectivity index (χ0n) is 19.3. The summed E-state index contributed by atoms with van der Waals surface area (Å²) in [6, 6.07) is 11.5. The fourth-order valence-corrected chi connectivity index (χ4v) is 3.89. The first-order valence-corrected chi connectivity index (χ1v) is 10.7. The average molecular weight is 453 g/mol. The molecular formula is C23H28N6O4. The quantitative estimate of drug-likeness (QED) is 0.537. The van der Waals surface area contributed by atoms with Gasteiger partial charge < -0.3 is 19.1 Å². The molecule has 3 aromatic rings. The van der Waals surface area contributed by atoms with Crippen LogP contribution in [-0.4, -0.2) is 83.4 Å². The molecule has 1 aromatic heterocycles. The largest absolute Gasteiger partial charge is 0.493 e. The van der Waals surface area contributed by atoms with Gasteiger partial charge in [-0.05, 0) is 41.6 Å². The predicted octanol–water partition coefficient (Wildman–Crippen LogP) is 1.95. The van der Waals surface area contributed by atoms with Crippen molar-refractivity contribution in [3.05, 3.63) is 53.3 Å². The van der Waals surface area contributed by atoms with Gasteiger partial charge in [0.05, 0.1) is 33.6 Å². The SMILES string of the molecule is COc1cc(C(=O)N2CCN(Cc3nnnn3-c3ccc(C)cc3)CC2)cc(OC)c1OC. The van der Waals surface area contributed by atoms with E-state index in [1.54, 1.807) is 16.8 Å². The number of carbonyl (C=O) groups is 1. The number of carbonyl (C=O) groups excluding carboxylic acids is 1. The van der Waals surface area contributed by atoms with Gasteiger partial charge in [0.1, 0.15) is 0 Å². The van der Waals surface area contributed by atoms with Crippen LogP contribution in [0, 0.1) is 6.92 Å². The Kier molecular flexibility index (Phi) is 6.74. The standard InChI is InChI=1S/C23H28N6O4/c1-16-5-7-18(8-6-16)29-21(24-25-26-29)15-27-9-11-28(12-10-27)23(30)17-13-19(31-2)22(33-4)20(14-17)32-3/h5-8,13-14H,9-12,15H2,1-4H3. The van der Waals surface area contributed by atoms with Crippen LogP contribution in [0.5, 0.6) is 17.2 Å². The number of nitrogens with zero attached hydrogens (tertiary/aromatic N) is 6. The molecule has 0 unspecified atom stereocenters. The number of ether oxygens (including phenoxy) is 3. The van der Waals surface area contributed by atoms with Crippen molar-refractivity contribution in [2.24, 2.45) is 0 Å². The lowest BCUT2D eigenvalue weighted by Crippen LogP contribution is -2.48. The van der Waals surface area contributed by atoms with Crippen molar-refractivity contribution in [2.45, 2.75) is 13.5 Å². The van der Waals surface area contributed by atoms with Crippen LogP contribution in [0.4, 0.5) is 0 Å². The van der Waals surface area contributed by atoms with Gasteiger partial charge in [-0.15, -0.1) is 5.10 Å². The molecule has 0 bridgehead atoms. The van der Waals surface area contributed by atoms with Gasteiger partial charge in [-0.1, -0.05) is 17.7 Å². The van der Waals surface area contributed by atoms with Crippen LogP contribution < -0.4 is 14.2 Å². The fourth-order valence-electron chi connectivity index (χ4n) is 3.89. The monoisotopic (exact) mass is 452 g/mol. The molecule has 0 atom stereocenters. The number of hydrogen-bond acceptors (Lipinski definition) is 8. The van der Waals surface area contributed by atoms with E-state index >= 15 is 0 Å². The van der Waals surface area contributed by atoms with Crippen LogP contribution in [0.25, 0.3) is 5.69 Å². The van der Waals surface area contributed by atoms with Crippen LogP contribution in [0.2, 0.25) is 0 Å². The van der Waals surface area contributed by atoms with Gasteiger partial charge in [0.2, 0.25) is 5.75 Å². The average Bonchev–Trinajstić information content (AvgIpc) is 3.31. The molecule has 10 nitrogen and oxygen atoms in total. The van der Waals surface area contributed by atoms with Crippen LogP contribution in [0.1, 0.15) is 21.7 Å².